The third-order valence-electron chi connectivity index (χ3n) is 2.28. The normalized spacial score (nSPS) is 10.8. The van der Waals surface area contributed by atoms with Gasteiger partial charge in [-0.05, 0) is 6.07 Å². The van der Waals surface area contributed by atoms with E-state index in [1.165, 1.54) is 6.20 Å². The summed E-state index contributed by atoms with van der Waals surface area (Å²) in [6.45, 7) is 0. The van der Waals surface area contributed by atoms with E-state index in [2.05, 4.69) is 30.4 Å². The number of carbonyl (C=O) groups excluding carboxylic acids is 1. The number of primary amides is 1. The minimum atomic E-state index is -0.621. The van der Waals surface area contributed by atoms with Gasteiger partial charge in [-0.25, -0.2) is 9.97 Å². The van der Waals surface area contributed by atoms with Gasteiger partial charge < -0.3 is 10.7 Å². The molecule has 3 aromatic rings. The minimum absolute atomic E-state index is 0.137. The molecule has 3 aromatic heterocycles. The molecule has 0 spiro atoms. The highest BCUT2D eigenvalue weighted by Crippen LogP contribution is 2.18. The summed E-state index contributed by atoms with van der Waals surface area (Å²) in [6, 6.07) is 1.73. The van der Waals surface area contributed by atoms with Crippen LogP contribution in [0.1, 0.15) is 10.5 Å². The van der Waals surface area contributed by atoms with E-state index in [-0.39, 0.29) is 5.69 Å². The Morgan fingerprint density at radius 3 is 2.94 bits per heavy atom. The van der Waals surface area contributed by atoms with Crippen LogP contribution in [0.15, 0.2) is 18.5 Å². The highest BCUT2D eigenvalue weighted by Gasteiger charge is 2.15. The first-order valence-corrected chi connectivity index (χ1v) is 4.77. The molecule has 3 rings (SSSR count). The van der Waals surface area contributed by atoms with Gasteiger partial charge in [-0.3, -0.25) is 4.79 Å². The molecule has 0 aliphatic carbocycles. The molecule has 0 saturated carbocycles. The van der Waals surface area contributed by atoms with Gasteiger partial charge in [-0.15, -0.1) is 0 Å². The van der Waals surface area contributed by atoms with Gasteiger partial charge in [0, 0.05) is 6.20 Å². The van der Waals surface area contributed by atoms with Crippen molar-refractivity contribution in [2.24, 2.45) is 5.73 Å². The molecule has 0 aromatic carbocycles. The first kappa shape index (κ1) is 9.46. The Hall–Kier alpha value is -2.77. The number of H-pyrrole nitrogens is 2. The summed E-state index contributed by atoms with van der Waals surface area (Å²) in [4.78, 5) is 22.5. The van der Waals surface area contributed by atoms with Gasteiger partial charge in [0.2, 0.25) is 0 Å². The Kier molecular flexibility index (Phi) is 1.87. The molecule has 8 heteroatoms. The molecule has 0 unspecified atom stereocenters. The lowest BCUT2D eigenvalue weighted by molar-refractivity contribution is 0.0997. The van der Waals surface area contributed by atoms with Crippen molar-refractivity contribution in [3.63, 3.8) is 0 Å². The molecule has 1 amide bonds. The zero-order valence-electron chi connectivity index (χ0n) is 8.51. The van der Waals surface area contributed by atoms with Gasteiger partial charge in [0.25, 0.3) is 5.91 Å². The summed E-state index contributed by atoms with van der Waals surface area (Å²) in [7, 11) is 0. The molecule has 84 valence electrons. The molecule has 0 fully saturated rings. The SMILES string of the molecule is NC(=O)c1nc(-c2cn[nH]n2)nc2cc[nH]c12. The van der Waals surface area contributed by atoms with E-state index in [9.17, 15) is 4.79 Å². The van der Waals surface area contributed by atoms with Crippen LogP contribution >= 0.6 is 0 Å². The summed E-state index contributed by atoms with van der Waals surface area (Å²) in [5.41, 5.74) is 6.98. The molecule has 4 N–H and O–H groups in total. The topological polar surface area (TPSA) is 126 Å². The Morgan fingerprint density at radius 2 is 2.24 bits per heavy atom. The predicted molar refractivity (Wildman–Crippen MR) is 57.8 cm³/mol. The smallest absolute Gasteiger partial charge is 0.269 e. The maximum Gasteiger partial charge on any atom is 0.269 e. The van der Waals surface area contributed by atoms with E-state index in [4.69, 9.17) is 5.73 Å². The van der Waals surface area contributed by atoms with E-state index < -0.39 is 5.91 Å². The van der Waals surface area contributed by atoms with Crippen molar-refractivity contribution in [2.75, 3.05) is 0 Å². The Balaban J connectivity index is 2.31. The molecule has 8 nitrogen and oxygen atoms in total. The maximum absolute atomic E-state index is 11.3. The lowest BCUT2D eigenvalue weighted by Crippen LogP contribution is -2.14. The summed E-state index contributed by atoms with van der Waals surface area (Å²) in [5, 5.41) is 9.97. The number of nitrogens with zero attached hydrogens (tertiary/aromatic N) is 4. The number of fused-ring (bicyclic) bond motifs is 1. The van der Waals surface area contributed by atoms with E-state index in [1.807, 2.05) is 0 Å². The molecule has 3 heterocycles. The molecular weight excluding hydrogens is 222 g/mol. The Morgan fingerprint density at radius 1 is 1.35 bits per heavy atom. The molecule has 17 heavy (non-hydrogen) atoms. The summed E-state index contributed by atoms with van der Waals surface area (Å²) >= 11 is 0. The zero-order valence-corrected chi connectivity index (χ0v) is 8.51. The fourth-order valence-electron chi connectivity index (χ4n) is 1.55. The number of nitrogens with one attached hydrogen (secondary N) is 2. The standard InChI is InChI=1S/C9H7N7O/c10-8(17)7-6-4(1-2-11-6)13-9(14-7)5-3-12-16-15-5/h1-3,11H,(H2,10,17)(H,12,15,16). The van der Waals surface area contributed by atoms with Crippen LogP contribution in [0.3, 0.4) is 0 Å². The number of nitrogens with two attached hydrogens (primary N) is 1. The average Bonchev–Trinajstić information content (AvgIpc) is 2.98. The minimum Gasteiger partial charge on any atom is -0.364 e. The van der Waals surface area contributed by atoms with E-state index in [1.54, 1.807) is 12.3 Å². The number of carbonyl (C=O) groups is 1. The lowest BCUT2D eigenvalue weighted by atomic mass is 10.3. The highest BCUT2D eigenvalue weighted by molar-refractivity contribution is 6.02. The van der Waals surface area contributed by atoms with E-state index >= 15 is 0 Å². The van der Waals surface area contributed by atoms with Crippen LogP contribution in [0.25, 0.3) is 22.6 Å². The molecule has 0 saturated heterocycles. The lowest BCUT2D eigenvalue weighted by Gasteiger charge is -2.00. The predicted octanol–water partition coefficient (Wildman–Crippen LogP) is -0.158. The third-order valence-corrected chi connectivity index (χ3v) is 2.28. The number of hydrogen-bond acceptors (Lipinski definition) is 5. The second-order valence-corrected chi connectivity index (χ2v) is 3.35. The van der Waals surface area contributed by atoms with Crippen molar-refractivity contribution in [3.8, 4) is 11.5 Å². The fraction of sp³-hybridized carbons (Fsp3) is 0. The monoisotopic (exact) mass is 229 g/mol. The maximum atomic E-state index is 11.3. The summed E-state index contributed by atoms with van der Waals surface area (Å²) in [6.07, 6.45) is 3.14. The zero-order chi connectivity index (χ0) is 11.8. The number of aromatic nitrogens is 6. The average molecular weight is 229 g/mol. The molecule has 0 aliphatic heterocycles. The van der Waals surface area contributed by atoms with Gasteiger partial charge in [0.05, 0.1) is 17.2 Å². The molecule has 0 bridgehead atoms. The third kappa shape index (κ3) is 1.42. The quantitative estimate of drug-likeness (QED) is 0.562. The van der Waals surface area contributed by atoms with Crippen LogP contribution in [0.4, 0.5) is 0 Å². The first-order valence-electron chi connectivity index (χ1n) is 4.77. The molecule has 0 aliphatic rings. The van der Waals surface area contributed by atoms with Gasteiger partial charge in [0.15, 0.2) is 11.5 Å². The van der Waals surface area contributed by atoms with Crippen LogP contribution in [0.5, 0.6) is 0 Å². The number of aromatic amines is 2. The number of amides is 1. The van der Waals surface area contributed by atoms with Crippen molar-refractivity contribution in [1.29, 1.82) is 0 Å². The van der Waals surface area contributed by atoms with Crippen molar-refractivity contribution in [1.82, 2.24) is 30.4 Å². The van der Waals surface area contributed by atoms with E-state index in [0.717, 1.165) is 0 Å². The fourth-order valence-corrected chi connectivity index (χ4v) is 1.55. The van der Waals surface area contributed by atoms with Crippen LogP contribution in [0, 0.1) is 0 Å². The van der Waals surface area contributed by atoms with Gasteiger partial charge >= 0.3 is 0 Å². The van der Waals surface area contributed by atoms with Crippen LogP contribution in [-0.2, 0) is 0 Å². The van der Waals surface area contributed by atoms with Crippen molar-refractivity contribution < 1.29 is 4.79 Å². The first-order chi connectivity index (χ1) is 8.25. The second kappa shape index (κ2) is 3.37. The van der Waals surface area contributed by atoms with Crippen LogP contribution in [0.2, 0.25) is 0 Å². The van der Waals surface area contributed by atoms with Crippen LogP contribution < -0.4 is 5.73 Å². The van der Waals surface area contributed by atoms with Gasteiger partial charge in [0.1, 0.15) is 5.69 Å². The molecule has 0 radical (unpaired) electrons. The van der Waals surface area contributed by atoms with Gasteiger partial charge in [-0.1, -0.05) is 0 Å². The van der Waals surface area contributed by atoms with Crippen molar-refractivity contribution in [2.45, 2.75) is 0 Å². The number of hydrogen-bond donors (Lipinski definition) is 3. The molecule has 0 atom stereocenters. The van der Waals surface area contributed by atoms with Crippen LogP contribution in [-0.4, -0.2) is 36.3 Å². The van der Waals surface area contributed by atoms with Crippen molar-refractivity contribution in [3.05, 3.63) is 24.2 Å². The second-order valence-electron chi connectivity index (χ2n) is 3.35. The van der Waals surface area contributed by atoms with Crippen molar-refractivity contribution >= 4 is 16.9 Å². The summed E-state index contributed by atoms with van der Waals surface area (Å²) < 4.78 is 0. The summed E-state index contributed by atoms with van der Waals surface area (Å²) in [5.74, 6) is -0.316. The largest absolute Gasteiger partial charge is 0.364 e. The molecular formula is C9H7N7O. The Bertz CT molecular complexity index is 685. The van der Waals surface area contributed by atoms with E-state index in [0.29, 0.717) is 22.6 Å². The van der Waals surface area contributed by atoms with Gasteiger partial charge in [-0.2, -0.15) is 15.4 Å². The number of rotatable bonds is 2. The Labute approximate surface area is 94.3 Å². The highest BCUT2D eigenvalue weighted by atomic mass is 16.1.